The van der Waals surface area contributed by atoms with E-state index in [1.165, 1.54) is 0 Å². The van der Waals surface area contributed by atoms with Crippen LogP contribution in [0.5, 0.6) is 11.7 Å². The number of nitrogens with one attached hydrogen (secondary N) is 1. The van der Waals surface area contributed by atoms with Crippen LogP contribution in [0.15, 0.2) is 46.9 Å². The van der Waals surface area contributed by atoms with E-state index in [0.717, 1.165) is 37.2 Å². The van der Waals surface area contributed by atoms with E-state index in [1.807, 2.05) is 42.5 Å². The van der Waals surface area contributed by atoms with E-state index < -0.39 is 0 Å². The van der Waals surface area contributed by atoms with Crippen LogP contribution in [0.1, 0.15) is 31.4 Å². The van der Waals surface area contributed by atoms with Gasteiger partial charge >= 0.3 is 0 Å². The smallest absolute Gasteiger partial charge is 0.290 e. The first kappa shape index (κ1) is 15.1. The summed E-state index contributed by atoms with van der Waals surface area (Å²) in [5.41, 5.74) is 0. The van der Waals surface area contributed by atoms with Gasteiger partial charge in [-0.3, -0.25) is 0 Å². The molecule has 1 saturated carbocycles. The number of rotatable bonds is 6. The van der Waals surface area contributed by atoms with Crippen molar-refractivity contribution in [3.8, 4) is 11.7 Å². The number of hydrogen-bond donors (Lipinski definition) is 2. The fourth-order valence-electron chi connectivity index (χ4n) is 2.91. The summed E-state index contributed by atoms with van der Waals surface area (Å²) in [7, 11) is 0. The third-order valence-electron chi connectivity index (χ3n) is 4.27. The van der Waals surface area contributed by atoms with Gasteiger partial charge in [-0.1, -0.05) is 18.2 Å². The van der Waals surface area contributed by atoms with Crippen LogP contribution in [0.3, 0.4) is 0 Å². The van der Waals surface area contributed by atoms with Crippen molar-refractivity contribution in [1.29, 1.82) is 0 Å². The summed E-state index contributed by atoms with van der Waals surface area (Å²) in [4.78, 5) is 0. The Labute approximate surface area is 131 Å². The molecule has 1 aromatic heterocycles. The maximum atomic E-state index is 9.16. The number of furan rings is 1. The molecular weight excluding hydrogens is 278 g/mol. The highest BCUT2D eigenvalue weighted by atomic mass is 16.6. The SMILES string of the molecule is OCC1CCC(NCc2ccc(Oc3ccccc3)o2)CC1. The van der Waals surface area contributed by atoms with E-state index in [-0.39, 0.29) is 0 Å². The van der Waals surface area contributed by atoms with Crippen LogP contribution < -0.4 is 10.1 Å². The van der Waals surface area contributed by atoms with E-state index in [9.17, 15) is 0 Å². The Morgan fingerprint density at radius 1 is 1.05 bits per heavy atom. The highest BCUT2D eigenvalue weighted by Gasteiger charge is 2.20. The first-order valence-electron chi connectivity index (χ1n) is 7.99. The molecule has 1 aromatic carbocycles. The van der Waals surface area contributed by atoms with Crippen LogP contribution in [-0.4, -0.2) is 17.8 Å². The number of aliphatic hydroxyl groups is 1. The minimum absolute atomic E-state index is 0.324. The summed E-state index contributed by atoms with van der Waals surface area (Å²) in [6, 6.07) is 14.0. The number of hydrogen-bond acceptors (Lipinski definition) is 4. The Balaban J connectivity index is 1.46. The van der Waals surface area contributed by atoms with Crippen LogP contribution in [0.25, 0.3) is 0 Å². The van der Waals surface area contributed by atoms with Gasteiger partial charge in [-0.05, 0) is 49.8 Å². The molecule has 0 bridgehead atoms. The molecule has 3 rings (SSSR count). The predicted molar refractivity (Wildman–Crippen MR) is 84.9 cm³/mol. The fourth-order valence-corrected chi connectivity index (χ4v) is 2.91. The number of benzene rings is 1. The van der Waals surface area contributed by atoms with Gasteiger partial charge in [0.2, 0.25) is 0 Å². The minimum Gasteiger partial charge on any atom is -0.429 e. The van der Waals surface area contributed by atoms with E-state index in [1.54, 1.807) is 0 Å². The van der Waals surface area contributed by atoms with Crippen molar-refractivity contribution < 1.29 is 14.3 Å². The van der Waals surface area contributed by atoms with Gasteiger partial charge in [0.25, 0.3) is 5.95 Å². The maximum Gasteiger partial charge on any atom is 0.290 e. The van der Waals surface area contributed by atoms with Crippen molar-refractivity contribution in [2.45, 2.75) is 38.3 Å². The van der Waals surface area contributed by atoms with Crippen molar-refractivity contribution in [1.82, 2.24) is 5.32 Å². The monoisotopic (exact) mass is 301 g/mol. The molecule has 1 fully saturated rings. The lowest BCUT2D eigenvalue weighted by molar-refractivity contribution is 0.174. The highest BCUT2D eigenvalue weighted by molar-refractivity contribution is 5.26. The molecule has 0 atom stereocenters. The second-order valence-corrected chi connectivity index (χ2v) is 5.92. The van der Waals surface area contributed by atoms with Crippen molar-refractivity contribution in [2.75, 3.05) is 6.61 Å². The Morgan fingerprint density at radius 3 is 2.55 bits per heavy atom. The van der Waals surface area contributed by atoms with Gasteiger partial charge in [0, 0.05) is 18.7 Å². The predicted octanol–water partition coefficient (Wildman–Crippen LogP) is 3.71. The molecule has 0 amide bonds. The molecule has 1 aliphatic carbocycles. The number of aliphatic hydroxyl groups excluding tert-OH is 1. The zero-order valence-corrected chi connectivity index (χ0v) is 12.7. The highest BCUT2D eigenvalue weighted by Crippen LogP contribution is 2.25. The molecule has 2 aromatic rings. The summed E-state index contributed by atoms with van der Waals surface area (Å²) in [6.45, 7) is 1.04. The summed E-state index contributed by atoms with van der Waals surface area (Å²) in [5, 5.41) is 12.7. The summed E-state index contributed by atoms with van der Waals surface area (Å²) in [6.07, 6.45) is 4.46. The molecule has 2 N–H and O–H groups in total. The lowest BCUT2D eigenvalue weighted by Gasteiger charge is -2.27. The summed E-state index contributed by atoms with van der Waals surface area (Å²) >= 11 is 0. The molecule has 118 valence electrons. The van der Waals surface area contributed by atoms with Crippen molar-refractivity contribution >= 4 is 0 Å². The van der Waals surface area contributed by atoms with Crippen molar-refractivity contribution in [3.63, 3.8) is 0 Å². The maximum absolute atomic E-state index is 9.16. The molecule has 0 radical (unpaired) electrons. The first-order chi connectivity index (χ1) is 10.8. The molecule has 4 heteroatoms. The van der Waals surface area contributed by atoms with Gasteiger partial charge in [-0.15, -0.1) is 0 Å². The van der Waals surface area contributed by atoms with Crippen LogP contribution >= 0.6 is 0 Å². The second kappa shape index (κ2) is 7.47. The van der Waals surface area contributed by atoms with Gasteiger partial charge in [-0.25, -0.2) is 0 Å². The third-order valence-corrected chi connectivity index (χ3v) is 4.27. The van der Waals surface area contributed by atoms with Gasteiger partial charge < -0.3 is 19.6 Å². The lowest BCUT2D eigenvalue weighted by Crippen LogP contribution is -2.33. The Bertz CT molecular complexity index is 559. The van der Waals surface area contributed by atoms with Crippen molar-refractivity contribution in [2.24, 2.45) is 5.92 Å². The molecule has 22 heavy (non-hydrogen) atoms. The zero-order valence-electron chi connectivity index (χ0n) is 12.7. The van der Waals surface area contributed by atoms with Crippen LogP contribution in [-0.2, 0) is 6.54 Å². The molecule has 0 unspecified atom stereocenters. The van der Waals surface area contributed by atoms with E-state index >= 15 is 0 Å². The fraction of sp³-hybridized carbons (Fsp3) is 0.444. The average molecular weight is 301 g/mol. The van der Waals surface area contributed by atoms with Crippen LogP contribution in [0.2, 0.25) is 0 Å². The minimum atomic E-state index is 0.324. The Kier molecular flexibility index (Phi) is 5.14. The standard InChI is InChI=1S/C18H23NO3/c20-13-14-6-8-15(9-7-14)19-12-17-10-11-18(22-17)21-16-4-2-1-3-5-16/h1-5,10-11,14-15,19-20H,6-9,12-13H2. The van der Waals surface area contributed by atoms with Gasteiger partial charge in [0.05, 0.1) is 6.54 Å². The lowest BCUT2D eigenvalue weighted by atomic mass is 9.86. The second-order valence-electron chi connectivity index (χ2n) is 5.92. The van der Waals surface area contributed by atoms with Crippen LogP contribution in [0, 0.1) is 5.92 Å². The normalized spacial score (nSPS) is 21.7. The zero-order chi connectivity index (χ0) is 15.2. The first-order valence-corrected chi connectivity index (χ1v) is 7.99. The van der Waals surface area contributed by atoms with Gasteiger partial charge in [0.1, 0.15) is 11.5 Å². The largest absolute Gasteiger partial charge is 0.429 e. The number of ether oxygens (including phenoxy) is 1. The molecule has 4 nitrogen and oxygen atoms in total. The molecule has 0 saturated heterocycles. The topological polar surface area (TPSA) is 54.6 Å². The van der Waals surface area contributed by atoms with E-state index in [0.29, 0.717) is 31.1 Å². The number of para-hydroxylation sites is 1. The van der Waals surface area contributed by atoms with Gasteiger partial charge in [-0.2, -0.15) is 0 Å². The summed E-state index contributed by atoms with van der Waals surface area (Å²) in [5.74, 6) is 2.67. The Hall–Kier alpha value is -1.78. The molecule has 1 aliphatic rings. The Morgan fingerprint density at radius 2 is 1.82 bits per heavy atom. The van der Waals surface area contributed by atoms with Crippen molar-refractivity contribution in [3.05, 3.63) is 48.2 Å². The molecule has 1 heterocycles. The van der Waals surface area contributed by atoms with Crippen LogP contribution in [0.4, 0.5) is 0 Å². The molecule has 0 spiro atoms. The quantitative estimate of drug-likeness (QED) is 0.854. The average Bonchev–Trinajstić information content (AvgIpc) is 3.02. The molecular formula is C18H23NO3. The van der Waals surface area contributed by atoms with E-state index in [4.69, 9.17) is 14.3 Å². The molecule has 0 aliphatic heterocycles. The third kappa shape index (κ3) is 4.12. The van der Waals surface area contributed by atoms with E-state index in [2.05, 4.69) is 5.32 Å². The summed E-state index contributed by atoms with van der Waals surface area (Å²) < 4.78 is 11.4. The van der Waals surface area contributed by atoms with Gasteiger partial charge in [0.15, 0.2) is 0 Å².